The summed E-state index contributed by atoms with van der Waals surface area (Å²) in [5.74, 6) is 2.31. The quantitative estimate of drug-likeness (QED) is 0.650. The molecule has 6 nitrogen and oxygen atoms in total. The molecule has 2 atom stereocenters. The van der Waals surface area contributed by atoms with E-state index in [4.69, 9.17) is 10.5 Å². The Morgan fingerprint density at radius 2 is 1.26 bits per heavy atom. The highest BCUT2D eigenvalue weighted by atomic mass is 15.1. The number of aryl methyl sites for hydroxylation is 3. The first-order chi connectivity index (χ1) is 15.1. The molecule has 1 aromatic heterocycles. The highest BCUT2D eigenvalue weighted by Crippen LogP contribution is 2.36. The lowest BCUT2D eigenvalue weighted by atomic mass is 10.1. The van der Waals surface area contributed by atoms with E-state index < -0.39 is 0 Å². The van der Waals surface area contributed by atoms with Crippen molar-refractivity contribution in [2.24, 2.45) is 0 Å². The smallest absolute Gasteiger partial charge is 0.132 e. The normalized spacial score (nSPS) is 18.5. The Balaban J connectivity index is 1.35. The van der Waals surface area contributed by atoms with Crippen LogP contribution in [0, 0.1) is 29.6 Å². The van der Waals surface area contributed by atoms with Crippen LogP contribution in [-0.2, 0) is 12.8 Å². The number of nitrogens with one attached hydrogen (secondary N) is 2. The van der Waals surface area contributed by atoms with Crippen LogP contribution in [0.2, 0.25) is 0 Å². The van der Waals surface area contributed by atoms with Gasteiger partial charge in [-0.1, -0.05) is 12.1 Å². The number of aromatic nitrogens is 2. The van der Waals surface area contributed by atoms with E-state index in [-0.39, 0.29) is 12.1 Å². The van der Waals surface area contributed by atoms with E-state index in [0.717, 1.165) is 37.3 Å². The molecule has 152 valence electrons. The van der Waals surface area contributed by atoms with Crippen LogP contribution in [0.3, 0.4) is 0 Å². The summed E-state index contributed by atoms with van der Waals surface area (Å²) >= 11 is 0. The number of hydrogen-bond acceptors (Lipinski definition) is 6. The fraction of sp³-hybridized carbons (Fsp3) is 0.280. The van der Waals surface area contributed by atoms with Crippen LogP contribution >= 0.6 is 0 Å². The molecule has 0 saturated heterocycles. The highest BCUT2D eigenvalue weighted by Gasteiger charge is 2.25. The van der Waals surface area contributed by atoms with Crippen molar-refractivity contribution in [3.8, 4) is 12.1 Å². The Morgan fingerprint density at radius 1 is 0.774 bits per heavy atom. The Kier molecular flexibility index (Phi) is 4.76. The van der Waals surface area contributed by atoms with Crippen molar-refractivity contribution in [2.75, 3.05) is 10.6 Å². The number of anilines is 2. The molecule has 6 heteroatoms. The van der Waals surface area contributed by atoms with Gasteiger partial charge in [-0.25, -0.2) is 9.97 Å². The molecule has 2 aliphatic carbocycles. The van der Waals surface area contributed by atoms with Crippen molar-refractivity contribution in [1.82, 2.24) is 9.97 Å². The summed E-state index contributed by atoms with van der Waals surface area (Å²) in [5, 5.41) is 25.4. The van der Waals surface area contributed by atoms with Gasteiger partial charge in [0.1, 0.15) is 17.5 Å². The number of hydrogen-bond donors (Lipinski definition) is 2. The standard InChI is InChI=1S/C25H22N6/c1-15-28-24(30-22-8-4-18-10-16(13-26)2-6-20(18)22)12-25(29-15)31-23-9-5-19-11-17(14-27)3-7-21(19)23/h2-3,6-7,10-12,22-23H,4-5,8-9H2,1H3,(H2,28,29,30,31). The first-order valence-corrected chi connectivity index (χ1v) is 10.6. The van der Waals surface area contributed by atoms with Gasteiger partial charge in [-0.2, -0.15) is 10.5 Å². The molecule has 0 saturated carbocycles. The van der Waals surface area contributed by atoms with Crippen LogP contribution < -0.4 is 10.6 Å². The lowest BCUT2D eigenvalue weighted by Crippen LogP contribution is -2.13. The van der Waals surface area contributed by atoms with E-state index in [0.29, 0.717) is 17.0 Å². The van der Waals surface area contributed by atoms with Gasteiger partial charge in [0.25, 0.3) is 0 Å². The van der Waals surface area contributed by atoms with Gasteiger partial charge in [0.15, 0.2) is 0 Å². The van der Waals surface area contributed by atoms with Gasteiger partial charge in [0.05, 0.1) is 35.3 Å². The molecular weight excluding hydrogens is 384 g/mol. The van der Waals surface area contributed by atoms with Crippen LogP contribution in [-0.4, -0.2) is 9.97 Å². The zero-order valence-corrected chi connectivity index (χ0v) is 17.3. The summed E-state index contributed by atoms with van der Waals surface area (Å²) in [6.45, 7) is 1.90. The van der Waals surface area contributed by atoms with E-state index in [1.165, 1.54) is 22.3 Å². The first-order valence-electron chi connectivity index (χ1n) is 10.6. The SMILES string of the molecule is Cc1nc(NC2CCc3cc(C#N)ccc32)cc(NC2CCc3cc(C#N)ccc32)n1. The molecule has 1 heterocycles. The third-order valence-electron chi connectivity index (χ3n) is 6.18. The molecule has 3 aromatic rings. The molecule has 5 rings (SSSR count). The average molecular weight is 406 g/mol. The van der Waals surface area contributed by atoms with Gasteiger partial charge in [0, 0.05) is 6.07 Å². The monoisotopic (exact) mass is 406 g/mol. The van der Waals surface area contributed by atoms with Crippen molar-refractivity contribution < 1.29 is 0 Å². The molecule has 0 amide bonds. The second-order valence-corrected chi connectivity index (χ2v) is 8.21. The van der Waals surface area contributed by atoms with Crippen LogP contribution in [0.5, 0.6) is 0 Å². The summed E-state index contributed by atoms with van der Waals surface area (Å²) in [7, 11) is 0. The lowest BCUT2D eigenvalue weighted by molar-refractivity contribution is 0.747. The number of nitriles is 2. The van der Waals surface area contributed by atoms with Crippen molar-refractivity contribution in [3.63, 3.8) is 0 Å². The number of fused-ring (bicyclic) bond motifs is 2. The number of nitrogens with zero attached hydrogens (tertiary/aromatic N) is 4. The van der Waals surface area contributed by atoms with Gasteiger partial charge < -0.3 is 10.6 Å². The van der Waals surface area contributed by atoms with Crippen LogP contribution in [0.4, 0.5) is 11.6 Å². The second kappa shape index (κ2) is 7.74. The van der Waals surface area contributed by atoms with Crippen molar-refractivity contribution in [2.45, 2.75) is 44.7 Å². The van der Waals surface area contributed by atoms with Gasteiger partial charge in [-0.15, -0.1) is 0 Å². The molecule has 0 radical (unpaired) electrons. The second-order valence-electron chi connectivity index (χ2n) is 8.21. The molecule has 2 unspecified atom stereocenters. The fourth-order valence-corrected chi connectivity index (χ4v) is 4.75. The van der Waals surface area contributed by atoms with E-state index in [2.05, 4.69) is 44.9 Å². The number of benzene rings is 2. The Bertz CT molecular complexity index is 1160. The van der Waals surface area contributed by atoms with Gasteiger partial charge in [-0.3, -0.25) is 0 Å². The zero-order chi connectivity index (χ0) is 21.4. The fourth-order valence-electron chi connectivity index (χ4n) is 4.75. The van der Waals surface area contributed by atoms with Crippen molar-refractivity contribution in [3.05, 3.63) is 81.7 Å². The third kappa shape index (κ3) is 3.69. The third-order valence-corrected chi connectivity index (χ3v) is 6.18. The average Bonchev–Trinajstić information content (AvgIpc) is 3.36. The maximum absolute atomic E-state index is 9.13. The zero-order valence-electron chi connectivity index (χ0n) is 17.3. The molecule has 0 aliphatic heterocycles. The van der Waals surface area contributed by atoms with Gasteiger partial charge >= 0.3 is 0 Å². The summed E-state index contributed by atoms with van der Waals surface area (Å²) in [6, 6.07) is 18.6. The minimum absolute atomic E-state index is 0.182. The summed E-state index contributed by atoms with van der Waals surface area (Å²) in [4.78, 5) is 9.19. The predicted octanol–water partition coefficient (Wildman–Crippen LogP) is 4.73. The number of rotatable bonds is 4. The Hall–Kier alpha value is -3.90. The lowest BCUT2D eigenvalue weighted by Gasteiger charge is -2.18. The van der Waals surface area contributed by atoms with Crippen LogP contribution in [0.25, 0.3) is 0 Å². The summed E-state index contributed by atoms with van der Waals surface area (Å²) in [6.07, 6.45) is 3.88. The molecular formula is C25H22N6. The first kappa shape index (κ1) is 19.1. The highest BCUT2D eigenvalue weighted by molar-refractivity contribution is 5.53. The molecule has 0 bridgehead atoms. The van der Waals surface area contributed by atoms with Crippen molar-refractivity contribution in [1.29, 1.82) is 10.5 Å². The van der Waals surface area contributed by atoms with E-state index >= 15 is 0 Å². The maximum atomic E-state index is 9.13. The van der Waals surface area contributed by atoms with Crippen molar-refractivity contribution >= 4 is 11.6 Å². The van der Waals surface area contributed by atoms with Gasteiger partial charge in [-0.05, 0) is 79.1 Å². The minimum Gasteiger partial charge on any atom is -0.363 e. The minimum atomic E-state index is 0.182. The van der Waals surface area contributed by atoms with Crippen LogP contribution in [0.15, 0.2) is 42.5 Å². The summed E-state index contributed by atoms with van der Waals surface area (Å²) in [5.41, 5.74) is 6.37. The summed E-state index contributed by atoms with van der Waals surface area (Å²) < 4.78 is 0. The van der Waals surface area contributed by atoms with Gasteiger partial charge in [0.2, 0.25) is 0 Å². The Labute approximate surface area is 181 Å². The van der Waals surface area contributed by atoms with E-state index in [1.807, 2.05) is 37.3 Å². The molecule has 31 heavy (non-hydrogen) atoms. The topological polar surface area (TPSA) is 97.4 Å². The maximum Gasteiger partial charge on any atom is 0.132 e. The van der Waals surface area contributed by atoms with E-state index in [9.17, 15) is 0 Å². The van der Waals surface area contributed by atoms with E-state index in [1.54, 1.807) is 0 Å². The largest absolute Gasteiger partial charge is 0.363 e. The molecule has 2 aliphatic rings. The molecule has 0 spiro atoms. The predicted molar refractivity (Wildman–Crippen MR) is 118 cm³/mol. The molecule has 0 fully saturated rings. The molecule has 2 aromatic carbocycles. The Morgan fingerprint density at radius 3 is 1.71 bits per heavy atom. The molecule has 2 N–H and O–H groups in total. The van der Waals surface area contributed by atoms with Crippen LogP contribution in [0.1, 0.15) is 64.1 Å².